The molecule has 1 aromatic rings. The zero-order valence-corrected chi connectivity index (χ0v) is 12.4. The van der Waals surface area contributed by atoms with E-state index in [0.717, 1.165) is 12.1 Å². The Morgan fingerprint density at radius 2 is 2.00 bits per heavy atom. The van der Waals surface area contributed by atoms with Gasteiger partial charge in [0.1, 0.15) is 0 Å². The van der Waals surface area contributed by atoms with Crippen molar-refractivity contribution in [3.8, 4) is 0 Å². The highest BCUT2D eigenvalue weighted by Crippen LogP contribution is 2.11. The molecule has 0 aliphatic heterocycles. The Morgan fingerprint density at radius 3 is 2.47 bits per heavy atom. The maximum absolute atomic E-state index is 11.3. The zero-order chi connectivity index (χ0) is 14.4. The van der Waals surface area contributed by atoms with Crippen LogP contribution in [-0.4, -0.2) is 36.1 Å². The number of thiocarbonyl (C=S) groups is 1. The molecule has 0 aliphatic rings. The molecule has 0 bridgehead atoms. The maximum Gasteiger partial charge on any atom is 0.337 e. The first kappa shape index (κ1) is 15.6. The number of esters is 1. The van der Waals surface area contributed by atoms with Gasteiger partial charge in [-0.2, -0.15) is 0 Å². The Hall–Kier alpha value is -1.46. The SMILES string of the molecule is COC(=O)c1ccc(CN(C)C(C)CC(N)=S)cc1. The second-order valence-corrected chi connectivity index (χ2v) is 5.15. The summed E-state index contributed by atoms with van der Waals surface area (Å²) >= 11 is 4.91. The van der Waals surface area contributed by atoms with Gasteiger partial charge >= 0.3 is 5.97 Å². The van der Waals surface area contributed by atoms with E-state index in [1.807, 2.05) is 19.2 Å². The summed E-state index contributed by atoms with van der Waals surface area (Å²) in [4.78, 5) is 14.0. The van der Waals surface area contributed by atoms with Crippen LogP contribution < -0.4 is 5.73 Å². The van der Waals surface area contributed by atoms with Crippen LogP contribution in [0.2, 0.25) is 0 Å². The molecule has 0 saturated carbocycles. The third-order valence-electron chi connectivity index (χ3n) is 3.06. The summed E-state index contributed by atoms with van der Waals surface area (Å²) < 4.78 is 4.66. The Labute approximate surface area is 119 Å². The van der Waals surface area contributed by atoms with Crippen molar-refractivity contribution >= 4 is 23.2 Å². The monoisotopic (exact) mass is 280 g/mol. The van der Waals surface area contributed by atoms with E-state index in [1.165, 1.54) is 7.11 Å². The number of benzene rings is 1. The predicted octanol–water partition coefficient (Wildman–Crippen LogP) is 1.97. The molecular weight excluding hydrogens is 260 g/mol. The van der Waals surface area contributed by atoms with E-state index in [1.54, 1.807) is 12.1 Å². The topological polar surface area (TPSA) is 55.6 Å². The normalized spacial score (nSPS) is 12.2. The van der Waals surface area contributed by atoms with Gasteiger partial charge in [-0.1, -0.05) is 24.4 Å². The summed E-state index contributed by atoms with van der Waals surface area (Å²) in [5.41, 5.74) is 7.24. The molecule has 2 N–H and O–H groups in total. The Kier molecular flexibility index (Phi) is 5.92. The van der Waals surface area contributed by atoms with Gasteiger partial charge in [-0.25, -0.2) is 4.79 Å². The van der Waals surface area contributed by atoms with E-state index >= 15 is 0 Å². The van der Waals surface area contributed by atoms with E-state index in [4.69, 9.17) is 18.0 Å². The fraction of sp³-hybridized carbons (Fsp3) is 0.429. The van der Waals surface area contributed by atoms with E-state index in [9.17, 15) is 4.79 Å². The molecule has 5 heteroatoms. The van der Waals surface area contributed by atoms with E-state index in [0.29, 0.717) is 17.0 Å². The molecule has 0 aromatic heterocycles. The molecule has 1 rings (SSSR count). The minimum absolute atomic E-state index is 0.290. The quantitative estimate of drug-likeness (QED) is 0.638. The number of methoxy groups -OCH3 is 1. The number of nitrogens with zero attached hydrogens (tertiary/aromatic N) is 1. The molecular formula is C14H20N2O2S. The van der Waals surface area contributed by atoms with Crippen LogP contribution in [0.5, 0.6) is 0 Å². The molecule has 19 heavy (non-hydrogen) atoms. The van der Waals surface area contributed by atoms with Gasteiger partial charge in [0.25, 0.3) is 0 Å². The van der Waals surface area contributed by atoms with E-state index in [2.05, 4.69) is 16.6 Å². The lowest BCUT2D eigenvalue weighted by Crippen LogP contribution is -2.32. The van der Waals surface area contributed by atoms with Crippen molar-refractivity contribution in [3.63, 3.8) is 0 Å². The first-order valence-corrected chi connectivity index (χ1v) is 6.50. The zero-order valence-electron chi connectivity index (χ0n) is 11.6. The average Bonchev–Trinajstić information content (AvgIpc) is 2.37. The third kappa shape index (κ3) is 4.96. The van der Waals surface area contributed by atoms with Gasteiger partial charge in [-0.15, -0.1) is 0 Å². The van der Waals surface area contributed by atoms with Gasteiger partial charge in [-0.3, -0.25) is 4.90 Å². The fourth-order valence-corrected chi connectivity index (χ4v) is 2.00. The van der Waals surface area contributed by atoms with Gasteiger partial charge in [0.05, 0.1) is 17.7 Å². The second kappa shape index (κ2) is 7.21. The van der Waals surface area contributed by atoms with Gasteiger partial charge in [0.15, 0.2) is 0 Å². The van der Waals surface area contributed by atoms with Gasteiger partial charge in [-0.05, 0) is 31.7 Å². The van der Waals surface area contributed by atoms with Crippen molar-refractivity contribution in [2.75, 3.05) is 14.2 Å². The van der Waals surface area contributed by atoms with Crippen LogP contribution in [0.25, 0.3) is 0 Å². The molecule has 1 unspecified atom stereocenters. The van der Waals surface area contributed by atoms with Crippen LogP contribution in [-0.2, 0) is 11.3 Å². The third-order valence-corrected chi connectivity index (χ3v) is 3.22. The molecule has 0 amide bonds. The fourth-order valence-electron chi connectivity index (χ4n) is 1.75. The highest BCUT2D eigenvalue weighted by molar-refractivity contribution is 7.80. The van der Waals surface area contributed by atoms with Gasteiger partial charge in [0, 0.05) is 19.0 Å². The van der Waals surface area contributed by atoms with Crippen molar-refractivity contribution in [1.29, 1.82) is 0 Å². The maximum atomic E-state index is 11.3. The van der Waals surface area contributed by atoms with Crippen LogP contribution >= 0.6 is 12.2 Å². The summed E-state index contributed by atoms with van der Waals surface area (Å²) in [6.07, 6.45) is 0.700. The number of hydrogen-bond donors (Lipinski definition) is 1. The van der Waals surface area contributed by atoms with Crippen molar-refractivity contribution in [3.05, 3.63) is 35.4 Å². The lowest BCUT2D eigenvalue weighted by Gasteiger charge is -2.24. The van der Waals surface area contributed by atoms with E-state index < -0.39 is 0 Å². The summed E-state index contributed by atoms with van der Waals surface area (Å²) in [6, 6.07) is 7.69. The van der Waals surface area contributed by atoms with Gasteiger partial charge in [0.2, 0.25) is 0 Å². The Balaban J connectivity index is 2.62. The Morgan fingerprint density at radius 1 is 1.42 bits per heavy atom. The number of nitrogens with two attached hydrogens (primary N) is 1. The Bertz CT molecular complexity index is 445. The van der Waals surface area contributed by atoms with E-state index in [-0.39, 0.29) is 12.0 Å². The molecule has 0 spiro atoms. The first-order valence-electron chi connectivity index (χ1n) is 6.10. The number of hydrogen-bond acceptors (Lipinski definition) is 4. The number of rotatable bonds is 6. The predicted molar refractivity (Wildman–Crippen MR) is 80.1 cm³/mol. The van der Waals surface area contributed by atoms with Gasteiger partial charge < -0.3 is 10.5 Å². The standard InChI is InChI=1S/C14H20N2O2S/c1-10(8-13(15)19)16(2)9-11-4-6-12(7-5-11)14(17)18-3/h4-7,10H,8-9H2,1-3H3,(H2,15,19). The lowest BCUT2D eigenvalue weighted by atomic mass is 10.1. The highest BCUT2D eigenvalue weighted by atomic mass is 32.1. The number of carbonyl (C=O) groups is 1. The van der Waals surface area contributed by atoms with Crippen LogP contribution in [0.15, 0.2) is 24.3 Å². The molecule has 4 nitrogen and oxygen atoms in total. The second-order valence-electron chi connectivity index (χ2n) is 4.62. The number of carbonyl (C=O) groups excluding carboxylic acids is 1. The molecule has 0 saturated heterocycles. The lowest BCUT2D eigenvalue weighted by molar-refractivity contribution is 0.0600. The summed E-state index contributed by atoms with van der Waals surface area (Å²) in [5.74, 6) is -0.318. The van der Waals surface area contributed by atoms with Crippen LogP contribution in [0.3, 0.4) is 0 Å². The molecule has 1 atom stereocenters. The molecule has 0 fully saturated rings. The average molecular weight is 280 g/mol. The highest BCUT2D eigenvalue weighted by Gasteiger charge is 2.11. The van der Waals surface area contributed by atoms with Crippen LogP contribution in [0, 0.1) is 0 Å². The van der Waals surface area contributed by atoms with Crippen molar-refractivity contribution in [1.82, 2.24) is 4.90 Å². The van der Waals surface area contributed by atoms with Crippen molar-refractivity contribution in [2.24, 2.45) is 5.73 Å². The largest absolute Gasteiger partial charge is 0.465 e. The minimum Gasteiger partial charge on any atom is -0.465 e. The van der Waals surface area contributed by atoms with Crippen LogP contribution in [0.4, 0.5) is 0 Å². The summed E-state index contributed by atoms with van der Waals surface area (Å²) in [5, 5.41) is 0. The smallest absolute Gasteiger partial charge is 0.337 e. The van der Waals surface area contributed by atoms with Crippen molar-refractivity contribution < 1.29 is 9.53 Å². The molecule has 104 valence electrons. The van der Waals surface area contributed by atoms with Crippen molar-refractivity contribution in [2.45, 2.75) is 25.9 Å². The molecule has 0 aliphatic carbocycles. The molecule has 1 aromatic carbocycles. The summed E-state index contributed by atoms with van der Waals surface area (Å²) in [7, 11) is 3.40. The minimum atomic E-state index is -0.318. The first-order chi connectivity index (χ1) is 8.93. The molecule has 0 radical (unpaired) electrons. The summed E-state index contributed by atoms with van der Waals surface area (Å²) in [6.45, 7) is 2.87. The number of ether oxygens (including phenoxy) is 1. The molecule has 0 heterocycles. The van der Waals surface area contributed by atoms with Crippen LogP contribution in [0.1, 0.15) is 29.3 Å².